The van der Waals surface area contributed by atoms with E-state index in [1.807, 2.05) is 0 Å². The minimum Gasteiger partial charge on any atom is -0.326 e. The number of halogens is 2. The highest BCUT2D eigenvalue weighted by molar-refractivity contribution is 6.05. The number of amides is 1. The van der Waals surface area contributed by atoms with Crippen LogP contribution in [0.15, 0.2) is 36.4 Å². The third kappa shape index (κ3) is 2.83. The fourth-order valence-corrected chi connectivity index (χ4v) is 1.84. The van der Waals surface area contributed by atoms with Gasteiger partial charge in [-0.05, 0) is 30.2 Å². The minimum absolute atomic E-state index is 0.198. The van der Waals surface area contributed by atoms with Gasteiger partial charge in [-0.2, -0.15) is 0 Å². The Balaban J connectivity index is 2.31. The predicted molar refractivity (Wildman–Crippen MR) is 73.4 cm³/mol. The van der Waals surface area contributed by atoms with E-state index in [4.69, 9.17) is 5.73 Å². The zero-order chi connectivity index (χ0) is 14.7. The van der Waals surface area contributed by atoms with Crippen molar-refractivity contribution in [1.29, 1.82) is 0 Å². The van der Waals surface area contributed by atoms with E-state index in [0.717, 1.165) is 5.56 Å². The fourth-order valence-electron chi connectivity index (χ4n) is 1.84. The fraction of sp³-hybridized carbons (Fsp3) is 0.133. The average molecular weight is 276 g/mol. The van der Waals surface area contributed by atoms with Gasteiger partial charge in [0.2, 0.25) is 0 Å². The lowest BCUT2D eigenvalue weighted by Crippen LogP contribution is -2.16. The smallest absolute Gasteiger partial charge is 0.258 e. The summed E-state index contributed by atoms with van der Waals surface area (Å²) in [6.07, 6.45) is 0. The van der Waals surface area contributed by atoms with Crippen LogP contribution in [0.1, 0.15) is 21.5 Å². The third-order valence-electron chi connectivity index (χ3n) is 2.98. The molecule has 104 valence electrons. The van der Waals surface area contributed by atoms with Gasteiger partial charge in [0.25, 0.3) is 5.91 Å². The van der Waals surface area contributed by atoms with E-state index in [9.17, 15) is 13.6 Å². The summed E-state index contributed by atoms with van der Waals surface area (Å²) < 4.78 is 26.8. The third-order valence-corrected chi connectivity index (χ3v) is 2.98. The number of nitrogens with one attached hydrogen (secondary N) is 1. The van der Waals surface area contributed by atoms with Crippen molar-refractivity contribution in [2.45, 2.75) is 13.5 Å². The highest BCUT2D eigenvalue weighted by Crippen LogP contribution is 2.18. The van der Waals surface area contributed by atoms with Crippen molar-refractivity contribution in [2.24, 2.45) is 5.73 Å². The lowest BCUT2D eigenvalue weighted by atomic mass is 10.1. The van der Waals surface area contributed by atoms with Crippen molar-refractivity contribution in [3.63, 3.8) is 0 Å². The Bertz CT molecular complexity index is 656. The predicted octanol–water partition coefficient (Wildman–Crippen LogP) is 2.98. The van der Waals surface area contributed by atoms with Crippen molar-refractivity contribution in [1.82, 2.24) is 0 Å². The standard InChI is InChI=1S/C15H14F2N2O/c1-9-6-11(13(17)7-12(9)16)15(20)19-14-5-3-2-4-10(14)8-18/h2-7H,8,18H2,1H3,(H,19,20). The topological polar surface area (TPSA) is 55.1 Å². The van der Waals surface area contributed by atoms with Crippen LogP contribution < -0.4 is 11.1 Å². The molecule has 0 aromatic heterocycles. The molecule has 0 fully saturated rings. The van der Waals surface area contributed by atoms with Crippen LogP contribution in [-0.2, 0) is 6.54 Å². The number of hydrogen-bond acceptors (Lipinski definition) is 2. The quantitative estimate of drug-likeness (QED) is 0.905. The summed E-state index contributed by atoms with van der Waals surface area (Å²) in [6.45, 7) is 1.72. The molecule has 0 saturated heterocycles. The number of benzene rings is 2. The molecule has 0 radical (unpaired) electrons. The number of nitrogens with two attached hydrogens (primary N) is 1. The molecular formula is C15H14F2N2O. The highest BCUT2D eigenvalue weighted by atomic mass is 19.1. The lowest BCUT2D eigenvalue weighted by molar-refractivity contribution is 0.102. The molecule has 2 aromatic carbocycles. The molecule has 0 aliphatic carbocycles. The summed E-state index contributed by atoms with van der Waals surface area (Å²) >= 11 is 0. The van der Waals surface area contributed by atoms with E-state index < -0.39 is 17.5 Å². The Kier molecular flexibility index (Phi) is 4.10. The van der Waals surface area contributed by atoms with Gasteiger partial charge in [-0.15, -0.1) is 0 Å². The Morgan fingerprint density at radius 3 is 2.60 bits per heavy atom. The molecule has 0 aliphatic heterocycles. The largest absolute Gasteiger partial charge is 0.326 e. The average Bonchev–Trinajstić information content (AvgIpc) is 2.43. The summed E-state index contributed by atoms with van der Waals surface area (Å²) in [5.41, 5.74) is 6.83. The number of aryl methyl sites for hydroxylation is 1. The summed E-state index contributed by atoms with van der Waals surface area (Å²) in [7, 11) is 0. The molecule has 2 rings (SSSR count). The second kappa shape index (κ2) is 5.79. The molecule has 0 unspecified atom stereocenters. The number of carbonyl (C=O) groups is 1. The van der Waals surface area contributed by atoms with E-state index in [0.29, 0.717) is 11.8 Å². The van der Waals surface area contributed by atoms with Crippen molar-refractivity contribution >= 4 is 11.6 Å². The minimum atomic E-state index is -0.893. The van der Waals surface area contributed by atoms with Gasteiger partial charge in [0.15, 0.2) is 0 Å². The first-order valence-corrected chi connectivity index (χ1v) is 6.08. The van der Waals surface area contributed by atoms with Gasteiger partial charge in [0.1, 0.15) is 11.6 Å². The molecule has 0 atom stereocenters. The van der Waals surface area contributed by atoms with Crippen LogP contribution in [0, 0.1) is 18.6 Å². The number of anilines is 1. The van der Waals surface area contributed by atoms with Crippen LogP contribution >= 0.6 is 0 Å². The van der Waals surface area contributed by atoms with E-state index in [-0.39, 0.29) is 17.7 Å². The Morgan fingerprint density at radius 1 is 1.20 bits per heavy atom. The van der Waals surface area contributed by atoms with E-state index in [1.54, 1.807) is 24.3 Å². The van der Waals surface area contributed by atoms with Gasteiger partial charge in [0, 0.05) is 18.3 Å². The summed E-state index contributed by atoms with van der Waals surface area (Å²) in [6, 6.07) is 8.86. The first kappa shape index (κ1) is 14.1. The SMILES string of the molecule is Cc1cc(C(=O)Nc2ccccc2CN)c(F)cc1F. The zero-order valence-corrected chi connectivity index (χ0v) is 10.9. The number of carbonyl (C=O) groups excluding carboxylic acids is 1. The molecule has 0 heterocycles. The molecule has 2 aromatic rings. The monoisotopic (exact) mass is 276 g/mol. The van der Waals surface area contributed by atoms with Gasteiger partial charge >= 0.3 is 0 Å². The first-order chi connectivity index (χ1) is 9.52. The molecule has 0 spiro atoms. The molecule has 0 saturated carbocycles. The van der Waals surface area contributed by atoms with Gasteiger partial charge < -0.3 is 11.1 Å². The molecule has 1 amide bonds. The highest BCUT2D eigenvalue weighted by Gasteiger charge is 2.15. The van der Waals surface area contributed by atoms with Crippen LogP contribution in [0.3, 0.4) is 0 Å². The molecule has 3 N–H and O–H groups in total. The van der Waals surface area contributed by atoms with Gasteiger partial charge in [-0.1, -0.05) is 18.2 Å². The van der Waals surface area contributed by atoms with Crippen molar-refractivity contribution < 1.29 is 13.6 Å². The second-order valence-electron chi connectivity index (χ2n) is 4.40. The van der Waals surface area contributed by atoms with Crippen LogP contribution in [-0.4, -0.2) is 5.91 Å². The van der Waals surface area contributed by atoms with Crippen molar-refractivity contribution in [3.8, 4) is 0 Å². The molecule has 0 bridgehead atoms. The number of para-hydroxylation sites is 1. The summed E-state index contributed by atoms with van der Waals surface area (Å²) in [5.74, 6) is -2.20. The molecule has 20 heavy (non-hydrogen) atoms. The lowest BCUT2D eigenvalue weighted by Gasteiger charge is -2.10. The van der Waals surface area contributed by atoms with E-state index >= 15 is 0 Å². The maximum atomic E-state index is 13.6. The van der Waals surface area contributed by atoms with Gasteiger partial charge in [0.05, 0.1) is 5.56 Å². The molecule has 3 nitrogen and oxygen atoms in total. The Labute approximate surface area is 115 Å². The van der Waals surface area contributed by atoms with Crippen LogP contribution in [0.4, 0.5) is 14.5 Å². The summed E-state index contributed by atoms with van der Waals surface area (Å²) in [5, 5.41) is 2.58. The molecular weight excluding hydrogens is 262 g/mol. The second-order valence-corrected chi connectivity index (χ2v) is 4.40. The Hall–Kier alpha value is -2.27. The number of hydrogen-bond donors (Lipinski definition) is 2. The molecule has 5 heteroatoms. The van der Waals surface area contributed by atoms with E-state index in [1.165, 1.54) is 13.0 Å². The number of rotatable bonds is 3. The van der Waals surface area contributed by atoms with Crippen LogP contribution in [0.5, 0.6) is 0 Å². The van der Waals surface area contributed by atoms with Gasteiger partial charge in [-0.25, -0.2) is 8.78 Å². The first-order valence-electron chi connectivity index (χ1n) is 6.08. The van der Waals surface area contributed by atoms with Crippen LogP contribution in [0.2, 0.25) is 0 Å². The zero-order valence-electron chi connectivity index (χ0n) is 10.9. The van der Waals surface area contributed by atoms with E-state index in [2.05, 4.69) is 5.32 Å². The Morgan fingerprint density at radius 2 is 1.90 bits per heavy atom. The molecule has 0 aliphatic rings. The van der Waals surface area contributed by atoms with Crippen molar-refractivity contribution in [2.75, 3.05) is 5.32 Å². The van der Waals surface area contributed by atoms with Crippen molar-refractivity contribution in [3.05, 3.63) is 64.7 Å². The maximum absolute atomic E-state index is 13.6. The van der Waals surface area contributed by atoms with Crippen LogP contribution in [0.25, 0.3) is 0 Å². The maximum Gasteiger partial charge on any atom is 0.258 e. The van der Waals surface area contributed by atoms with Gasteiger partial charge in [-0.3, -0.25) is 4.79 Å². The normalized spacial score (nSPS) is 10.4. The summed E-state index contributed by atoms with van der Waals surface area (Å²) in [4.78, 5) is 12.1.